The summed E-state index contributed by atoms with van der Waals surface area (Å²) in [6, 6.07) is 21.4. The number of methoxy groups -OCH3 is 1. The molecule has 3 aromatic carbocycles. The third-order valence-electron chi connectivity index (χ3n) is 4.74. The molecule has 0 saturated heterocycles. The maximum Gasteiger partial charge on any atom is 0.408 e. The maximum absolute atomic E-state index is 12.8. The summed E-state index contributed by atoms with van der Waals surface area (Å²) in [5.74, 6) is -0.738. The van der Waals surface area contributed by atoms with Crippen LogP contribution in [0.1, 0.15) is 28.8 Å². The van der Waals surface area contributed by atoms with Crippen LogP contribution in [0, 0.1) is 0 Å². The number of esters is 1. The van der Waals surface area contributed by atoms with E-state index in [1.54, 1.807) is 6.07 Å². The second-order valence-electron chi connectivity index (χ2n) is 6.77. The molecule has 3 aromatic rings. The first kappa shape index (κ1) is 21.0. The molecule has 0 aromatic heterocycles. The van der Waals surface area contributed by atoms with Gasteiger partial charge in [-0.05, 0) is 22.8 Å². The Bertz CT molecular complexity index is 1030. The van der Waals surface area contributed by atoms with Gasteiger partial charge in [-0.25, -0.2) is 9.59 Å². The van der Waals surface area contributed by atoms with E-state index in [1.165, 1.54) is 7.11 Å². The average molecular weight is 405 g/mol. The number of rotatable bonds is 8. The molecule has 1 N–H and O–H groups in total. The predicted molar refractivity (Wildman–Crippen MR) is 113 cm³/mol. The summed E-state index contributed by atoms with van der Waals surface area (Å²) in [6.45, 7) is 0.0789. The Hall–Kier alpha value is -3.67. The molecule has 0 fully saturated rings. The van der Waals surface area contributed by atoms with Crippen LogP contribution in [-0.4, -0.2) is 31.0 Å². The summed E-state index contributed by atoms with van der Waals surface area (Å²) >= 11 is 0. The average Bonchev–Trinajstić information content (AvgIpc) is 2.80. The van der Waals surface area contributed by atoms with Gasteiger partial charge in [-0.15, -0.1) is 0 Å². The van der Waals surface area contributed by atoms with E-state index in [0.29, 0.717) is 5.56 Å². The van der Waals surface area contributed by atoms with Crippen molar-refractivity contribution < 1.29 is 23.9 Å². The highest BCUT2D eigenvalue weighted by Gasteiger charge is 2.24. The Morgan fingerprint density at radius 3 is 2.37 bits per heavy atom. The Balaban J connectivity index is 1.61. The van der Waals surface area contributed by atoms with E-state index in [4.69, 9.17) is 9.47 Å². The van der Waals surface area contributed by atoms with Crippen LogP contribution in [0.3, 0.4) is 0 Å². The number of carbonyl (C=O) groups is 3. The molecule has 0 heterocycles. The molecule has 1 amide bonds. The number of fused-ring (bicyclic) bond motifs is 1. The number of nitrogens with one attached hydrogen (secondary N) is 1. The fourth-order valence-corrected chi connectivity index (χ4v) is 3.18. The summed E-state index contributed by atoms with van der Waals surface area (Å²) in [5.41, 5.74) is 1.41. The van der Waals surface area contributed by atoms with E-state index >= 15 is 0 Å². The number of alkyl carbamates (subject to hydrolysis) is 1. The molecule has 0 spiro atoms. The number of amides is 1. The highest BCUT2D eigenvalue weighted by atomic mass is 16.6. The Labute approximate surface area is 174 Å². The number of ketones is 1. The molecule has 30 heavy (non-hydrogen) atoms. The van der Waals surface area contributed by atoms with E-state index in [-0.39, 0.29) is 25.2 Å². The lowest BCUT2D eigenvalue weighted by atomic mass is 9.98. The van der Waals surface area contributed by atoms with Crippen LogP contribution < -0.4 is 5.32 Å². The maximum atomic E-state index is 12.8. The SMILES string of the molecule is COC(=O)C(CCC(=O)c1cccc2ccccc12)NC(=O)OCc1ccccc1. The molecule has 0 aliphatic rings. The molecule has 154 valence electrons. The van der Waals surface area contributed by atoms with Crippen molar-refractivity contribution in [2.24, 2.45) is 0 Å². The first-order chi connectivity index (χ1) is 14.6. The molecule has 6 heteroatoms. The Kier molecular flexibility index (Phi) is 7.16. The topological polar surface area (TPSA) is 81.7 Å². The van der Waals surface area contributed by atoms with Gasteiger partial charge in [0.2, 0.25) is 0 Å². The fraction of sp³-hybridized carbons (Fsp3) is 0.208. The van der Waals surface area contributed by atoms with Gasteiger partial charge in [0.25, 0.3) is 0 Å². The minimum absolute atomic E-state index is 0.0761. The number of carbonyl (C=O) groups excluding carboxylic acids is 3. The molecule has 1 unspecified atom stereocenters. The molecule has 0 aliphatic heterocycles. The third kappa shape index (κ3) is 5.44. The third-order valence-corrected chi connectivity index (χ3v) is 4.74. The van der Waals surface area contributed by atoms with E-state index in [9.17, 15) is 14.4 Å². The van der Waals surface area contributed by atoms with Crippen LogP contribution in [0.15, 0.2) is 72.8 Å². The minimum Gasteiger partial charge on any atom is -0.467 e. The second kappa shape index (κ2) is 10.2. The van der Waals surface area contributed by atoms with Gasteiger partial charge in [-0.3, -0.25) is 4.79 Å². The van der Waals surface area contributed by atoms with Gasteiger partial charge in [0.1, 0.15) is 12.6 Å². The van der Waals surface area contributed by atoms with Gasteiger partial charge in [-0.1, -0.05) is 72.8 Å². The Morgan fingerprint density at radius 2 is 1.60 bits per heavy atom. The summed E-state index contributed by atoms with van der Waals surface area (Å²) in [4.78, 5) is 37.0. The van der Waals surface area contributed by atoms with Crippen molar-refractivity contribution in [1.29, 1.82) is 0 Å². The molecule has 3 rings (SSSR count). The normalized spacial score (nSPS) is 11.5. The molecule has 0 saturated carbocycles. The summed E-state index contributed by atoms with van der Waals surface area (Å²) in [5, 5.41) is 4.32. The zero-order valence-corrected chi connectivity index (χ0v) is 16.7. The number of hydrogen-bond donors (Lipinski definition) is 1. The van der Waals surface area contributed by atoms with Gasteiger partial charge >= 0.3 is 12.1 Å². The van der Waals surface area contributed by atoms with Crippen molar-refractivity contribution in [2.75, 3.05) is 7.11 Å². The molecule has 0 radical (unpaired) electrons. The van der Waals surface area contributed by atoms with Crippen LogP contribution in [0.5, 0.6) is 0 Å². The number of benzene rings is 3. The van der Waals surface area contributed by atoms with Crippen molar-refractivity contribution in [1.82, 2.24) is 5.32 Å². The van der Waals surface area contributed by atoms with Crippen molar-refractivity contribution in [3.8, 4) is 0 Å². The van der Waals surface area contributed by atoms with E-state index in [2.05, 4.69) is 5.32 Å². The monoisotopic (exact) mass is 405 g/mol. The van der Waals surface area contributed by atoms with Gasteiger partial charge in [0, 0.05) is 12.0 Å². The quantitative estimate of drug-likeness (QED) is 0.447. The molecule has 1 atom stereocenters. The van der Waals surface area contributed by atoms with Crippen LogP contribution in [0.4, 0.5) is 4.79 Å². The van der Waals surface area contributed by atoms with E-state index < -0.39 is 18.1 Å². The number of hydrogen-bond acceptors (Lipinski definition) is 5. The number of ether oxygens (including phenoxy) is 2. The lowest BCUT2D eigenvalue weighted by molar-refractivity contribution is -0.143. The van der Waals surface area contributed by atoms with Crippen LogP contribution in [0.25, 0.3) is 10.8 Å². The van der Waals surface area contributed by atoms with E-state index in [0.717, 1.165) is 16.3 Å². The lowest BCUT2D eigenvalue weighted by Gasteiger charge is -2.16. The second-order valence-corrected chi connectivity index (χ2v) is 6.77. The van der Waals surface area contributed by atoms with Crippen molar-refractivity contribution in [2.45, 2.75) is 25.5 Å². The van der Waals surface area contributed by atoms with Crippen LogP contribution in [-0.2, 0) is 20.9 Å². The molecule has 0 bridgehead atoms. The Morgan fingerprint density at radius 1 is 0.900 bits per heavy atom. The van der Waals surface area contributed by atoms with Crippen LogP contribution >= 0.6 is 0 Å². The van der Waals surface area contributed by atoms with Gasteiger partial charge < -0.3 is 14.8 Å². The van der Waals surface area contributed by atoms with Crippen LogP contribution in [0.2, 0.25) is 0 Å². The van der Waals surface area contributed by atoms with E-state index in [1.807, 2.05) is 66.7 Å². The lowest BCUT2D eigenvalue weighted by Crippen LogP contribution is -2.42. The van der Waals surface area contributed by atoms with Crippen molar-refractivity contribution >= 4 is 28.6 Å². The zero-order chi connectivity index (χ0) is 21.3. The summed E-state index contributed by atoms with van der Waals surface area (Å²) in [7, 11) is 1.23. The minimum atomic E-state index is -0.975. The largest absolute Gasteiger partial charge is 0.467 e. The summed E-state index contributed by atoms with van der Waals surface area (Å²) in [6.07, 6.45) is -0.561. The zero-order valence-electron chi connectivity index (χ0n) is 16.7. The molecular formula is C24H23NO5. The van der Waals surface area contributed by atoms with Crippen molar-refractivity contribution in [3.05, 3.63) is 83.9 Å². The van der Waals surface area contributed by atoms with Crippen molar-refractivity contribution in [3.63, 3.8) is 0 Å². The highest BCUT2D eigenvalue weighted by Crippen LogP contribution is 2.20. The molecule has 0 aliphatic carbocycles. The number of Topliss-reactive ketones (excluding diaryl/α,β-unsaturated/α-hetero) is 1. The molecule has 6 nitrogen and oxygen atoms in total. The van der Waals surface area contributed by atoms with Gasteiger partial charge in [0.15, 0.2) is 5.78 Å². The summed E-state index contributed by atoms with van der Waals surface area (Å²) < 4.78 is 9.92. The molecular weight excluding hydrogens is 382 g/mol. The first-order valence-corrected chi connectivity index (χ1v) is 9.64. The standard InChI is InChI=1S/C24H23NO5/c1-29-23(27)21(25-24(28)30-16-17-8-3-2-4-9-17)14-15-22(26)20-13-7-11-18-10-5-6-12-19(18)20/h2-13,21H,14-16H2,1H3,(H,25,28). The fourth-order valence-electron chi connectivity index (χ4n) is 3.18. The smallest absolute Gasteiger partial charge is 0.408 e. The first-order valence-electron chi connectivity index (χ1n) is 9.64. The van der Waals surface area contributed by atoms with Gasteiger partial charge in [0.05, 0.1) is 7.11 Å². The predicted octanol–water partition coefficient (Wildman–Crippen LogP) is 4.27. The highest BCUT2D eigenvalue weighted by molar-refractivity contribution is 6.08. The van der Waals surface area contributed by atoms with Gasteiger partial charge in [-0.2, -0.15) is 0 Å².